The van der Waals surface area contributed by atoms with E-state index in [1.807, 2.05) is 0 Å². The number of nitrogens with zero attached hydrogens (tertiary/aromatic N) is 1. The van der Waals surface area contributed by atoms with Crippen molar-refractivity contribution in [2.75, 3.05) is 19.0 Å². The molecular weight excluding hydrogens is 346 g/mol. The lowest BCUT2D eigenvalue weighted by Crippen LogP contribution is -2.40. The predicted octanol–water partition coefficient (Wildman–Crippen LogP) is 4.00. The van der Waals surface area contributed by atoms with Crippen LogP contribution in [0, 0.1) is 6.92 Å². The van der Waals surface area contributed by atoms with Crippen molar-refractivity contribution in [3.8, 4) is 0 Å². The third-order valence-corrected chi connectivity index (χ3v) is 3.48. The van der Waals surface area contributed by atoms with Gasteiger partial charge >= 0.3 is 6.18 Å². The fraction of sp³-hybridized carbons (Fsp3) is 0.417. The van der Waals surface area contributed by atoms with Gasteiger partial charge < -0.3 is 4.90 Å². The maximum absolute atomic E-state index is 12.4. The summed E-state index contributed by atoms with van der Waals surface area (Å²) in [5.74, 6) is -0.717. The topological polar surface area (TPSA) is 20.3 Å². The zero-order chi connectivity index (χ0) is 14.6. The minimum atomic E-state index is -4.44. The molecule has 1 aromatic carbocycles. The largest absolute Gasteiger partial charge is 0.406 e. The van der Waals surface area contributed by atoms with Crippen molar-refractivity contribution in [1.29, 1.82) is 0 Å². The summed E-state index contributed by atoms with van der Waals surface area (Å²) < 4.78 is 38.0. The highest BCUT2D eigenvalue weighted by Crippen LogP contribution is 2.21. The number of hydrogen-bond donors (Lipinski definition) is 0. The number of benzene rings is 1. The molecule has 0 aliphatic rings. The van der Waals surface area contributed by atoms with E-state index in [9.17, 15) is 18.0 Å². The molecule has 1 rings (SSSR count). The quantitative estimate of drug-likeness (QED) is 0.745. The minimum absolute atomic E-state index is 0.0443. The van der Waals surface area contributed by atoms with Crippen LogP contribution in [0.3, 0.4) is 0 Å². The molecule has 106 valence electrons. The van der Waals surface area contributed by atoms with Crippen molar-refractivity contribution in [3.63, 3.8) is 0 Å². The van der Waals surface area contributed by atoms with Gasteiger partial charge in [-0.05, 0) is 30.7 Å². The predicted molar refractivity (Wildman–Crippen MR) is 71.6 cm³/mol. The molecule has 0 heterocycles. The Balaban J connectivity index is 2.95. The molecule has 1 amide bonds. The first kappa shape index (κ1) is 16.3. The van der Waals surface area contributed by atoms with E-state index in [-0.39, 0.29) is 18.0 Å². The number of halogens is 5. The minimum Gasteiger partial charge on any atom is -0.328 e. The molecule has 0 fully saturated rings. The van der Waals surface area contributed by atoms with Gasteiger partial charge in [0.25, 0.3) is 5.91 Å². The van der Waals surface area contributed by atoms with Gasteiger partial charge in [0, 0.05) is 22.5 Å². The summed E-state index contributed by atoms with van der Waals surface area (Å²) in [5.41, 5.74) is 0.999. The summed E-state index contributed by atoms with van der Waals surface area (Å²) in [6, 6.07) is 4.66. The highest BCUT2D eigenvalue weighted by Gasteiger charge is 2.33. The first-order chi connectivity index (χ1) is 8.74. The Labute approximate surface area is 122 Å². The Kier molecular flexibility index (Phi) is 5.67. The van der Waals surface area contributed by atoms with E-state index in [0.717, 1.165) is 10.0 Å². The van der Waals surface area contributed by atoms with Crippen LogP contribution in [-0.2, 0) is 0 Å². The maximum Gasteiger partial charge on any atom is 0.406 e. The van der Waals surface area contributed by atoms with E-state index in [0.29, 0.717) is 4.90 Å². The Morgan fingerprint density at radius 2 is 2.05 bits per heavy atom. The van der Waals surface area contributed by atoms with Crippen LogP contribution in [0.4, 0.5) is 13.2 Å². The average molecular weight is 359 g/mol. The van der Waals surface area contributed by atoms with Crippen LogP contribution in [0.2, 0.25) is 0 Å². The van der Waals surface area contributed by atoms with Crippen LogP contribution in [0.25, 0.3) is 0 Å². The molecule has 0 bridgehead atoms. The molecule has 1 aromatic rings. The summed E-state index contributed by atoms with van der Waals surface area (Å²) in [6.45, 7) is 0.319. The summed E-state index contributed by atoms with van der Waals surface area (Å²) in [4.78, 5) is 12.7. The van der Waals surface area contributed by atoms with Crippen molar-refractivity contribution in [1.82, 2.24) is 4.90 Å². The molecular formula is C12H12BrClF3NO. The van der Waals surface area contributed by atoms with Gasteiger partial charge in [0.15, 0.2) is 0 Å². The molecule has 0 aromatic heterocycles. The second kappa shape index (κ2) is 6.61. The molecule has 0 spiro atoms. The van der Waals surface area contributed by atoms with E-state index in [1.54, 1.807) is 19.1 Å². The molecule has 0 N–H and O–H groups in total. The van der Waals surface area contributed by atoms with Crippen LogP contribution in [0.5, 0.6) is 0 Å². The van der Waals surface area contributed by atoms with Crippen molar-refractivity contribution in [3.05, 3.63) is 33.8 Å². The van der Waals surface area contributed by atoms with Crippen molar-refractivity contribution < 1.29 is 18.0 Å². The highest BCUT2D eigenvalue weighted by molar-refractivity contribution is 9.10. The normalized spacial score (nSPS) is 11.5. The smallest absolute Gasteiger partial charge is 0.328 e. The van der Waals surface area contributed by atoms with Gasteiger partial charge in [-0.3, -0.25) is 4.79 Å². The van der Waals surface area contributed by atoms with Crippen molar-refractivity contribution in [2.24, 2.45) is 0 Å². The monoisotopic (exact) mass is 357 g/mol. The number of alkyl halides is 4. The highest BCUT2D eigenvalue weighted by atomic mass is 79.9. The number of carbonyl (C=O) groups excluding carboxylic acids is 1. The molecule has 0 saturated heterocycles. The van der Waals surface area contributed by atoms with Crippen LogP contribution in [-0.4, -0.2) is 36.0 Å². The third-order valence-electron chi connectivity index (χ3n) is 2.42. The number of rotatable bonds is 4. The summed E-state index contributed by atoms with van der Waals surface area (Å²) in [6.07, 6.45) is -4.44. The van der Waals surface area contributed by atoms with Crippen molar-refractivity contribution >= 4 is 33.4 Å². The van der Waals surface area contributed by atoms with E-state index in [4.69, 9.17) is 11.6 Å². The van der Waals surface area contributed by atoms with Gasteiger partial charge in [-0.15, -0.1) is 11.6 Å². The molecule has 0 aliphatic heterocycles. The van der Waals surface area contributed by atoms with Gasteiger partial charge in [0.1, 0.15) is 6.54 Å². The lowest BCUT2D eigenvalue weighted by atomic mass is 10.1. The molecule has 19 heavy (non-hydrogen) atoms. The second-order valence-corrected chi connectivity index (χ2v) is 5.23. The Morgan fingerprint density at radius 1 is 1.42 bits per heavy atom. The van der Waals surface area contributed by atoms with Gasteiger partial charge in [-0.2, -0.15) is 13.2 Å². The van der Waals surface area contributed by atoms with E-state index >= 15 is 0 Å². The second-order valence-electron chi connectivity index (χ2n) is 3.99. The fourth-order valence-electron chi connectivity index (χ4n) is 1.53. The van der Waals surface area contributed by atoms with Crippen LogP contribution >= 0.6 is 27.5 Å². The third kappa shape index (κ3) is 5.03. The molecule has 0 radical (unpaired) electrons. The Morgan fingerprint density at radius 3 is 2.53 bits per heavy atom. The summed E-state index contributed by atoms with van der Waals surface area (Å²) in [7, 11) is 0. The number of amides is 1. The number of carbonyl (C=O) groups is 1. The molecule has 2 nitrogen and oxygen atoms in total. The van der Waals surface area contributed by atoms with Gasteiger partial charge in [-0.1, -0.05) is 15.9 Å². The lowest BCUT2D eigenvalue weighted by Gasteiger charge is -2.23. The van der Waals surface area contributed by atoms with Gasteiger partial charge in [0.2, 0.25) is 0 Å². The standard InChI is InChI=1S/C12H12BrClF3NO/c1-8-6-9(2-3-10(8)13)11(19)18(5-4-14)7-12(15,16)17/h2-3,6H,4-5,7H2,1H3. The zero-order valence-corrected chi connectivity index (χ0v) is 12.4. The fourth-order valence-corrected chi connectivity index (χ4v) is 1.98. The molecule has 0 atom stereocenters. The van der Waals surface area contributed by atoms with Crippen LogP contribution in [0.15, 0.2) is 22.7 Å². The molecule has 7 heteroatoms. The summed E-state index contributed by atoms with van der Waals surface area (Å²) >= 11 is 8.71. The van der Waals surface area contributed by atoms with Crippen LogP contribution in [0.1, 0.15) is 15.9 Å². The maximum atomic E-state index is 12.4. The zero-order valence-electron chi connectivity index (χ0n) is 10.1. The molecule has 0 saturated carbocycles. The Bertz CT molecular complexity index is 465. The van der Waals surface area contributed by atoms with Gasteiger partial charge in [-0.25, -0.2) is 0 Å². The van der Waals surface area contributed by atoms with Crippen LogP contribution < -0.4 is 0 Å². The SMILES string of the molecule is Cc1cc(C(=O)N(CCCl)CC(F)(F)F)ccc1Br. The van der Waals surface area contributed by atoms with E-state index in [1.165, 1.54) is 6.07 Å². The lowest BCUT2D eigenvalue weighted by molar-refractivity contribution is -0.140. The molecule has 0 aliphatic carbocycles. The molecule has 0 unspecified atom stereocenters. The summed E-state index contributed by atoms with van der Waals surface area (Å²) in [5, 5.41) is 0. The Hall–Kier alpha value is -0.750. The number of aryl methyl sites for hydroxylation is 1. The first-order valence-corrected chi connectivity index (χ1v) is 6.75. The van der Waals surface area contributed by atoms with Gasteiger partial charge in [0.05, 0.1) is 0 Å². The van der Waals surface area contributed by atoms with Crippen molar-refractivity contribution in [2.45, 2.75) is 13.1 Å². The van der Waals surface area contributed by atoms with E-state index < -0.39 is 18.6 Å². The number of hydrogen-bond acceptors (Lipinski definition) is 1. The van der Waals surface area contributed by atoms with E-state index in [2.05, 4.69) is 15.9 Å². The average Bonchev–Trinajstić information content (AvgIpc) is 2.29. The first-order valence-electron chi connectivity index (χ1n) is 5.42.